The standard InChI is InChI=1S/C12H15Br2NO/c1-8-4-10(13)12(11(14)5-8)15-3-2-9(6-15)7-16/h4-5,9,16H,2-3,6-7H2,1H3. The molecule has 0 saturated carbocycles. The van der Waals surface area contributed by atoms with E-state index in [1.54, 1.807) is 0 Å². The van der Waals surface area contributed by atoms with Crippen molar-refractivity contribution in [1.29, 1.82) is 0 Å². The molecule has 0 bridgehead atoms. The largest absolute Gasteiger partial charge is 0.396 e. The molecule has 0 amide bonds. The minimum Gasteiger partial charge on any atom is -0.396 e. The Labute approximate surface area is 113 Å². The first-order valence-corrected chi connectivity index (χ1v) is 7.02. The summed E-state index contributed by atoms with van der Waals surface area (Å²) in [6.07, 6.45) is 1.07. The van der Waals surface area contributed by atoms with Gasteiger partial charge in [-0.25, -0.2) is 0 Å². The lowest BCUT2D eigenvalue weighted by molar-refractivity contribution is 0.238. The van der Waals surface area contributed by atoms with Gasteiger partial charge in [0.15, 0.2) is 0 Å². The van der Waals surface area contributed by atoms with Crippen LogP contribution < -0.4 is 4.90 Å². The molecule has 88 valence electrons. The van der Waals surface area contributed by atoms with Gasteiger partial charge >= 0.3 is 0 Å². The molecule has 1 atom stereocenters. The second kappa shape index (κ2) is 5.07. The highest BCUT2D eigenvalue weighted by Crippen LogP contribution is 2.37. The Balaban J connectivity index is 2.28. The lowest BCUT2D eigenvalue weighted by Gasteiger charge is -2.22. The van der Waals surface area contributed by atoms with Crippen molar-refractivity contribution in [1.82, 2.24) is 0 Å². The SMILES string of the molecule is Cc1cc(Br)c(N2CCC(CO)C2)c(Br)c1. The summed E-state index contributed by atoms with van der Waals surface area (Å²) in [6, 6.07) is 4.26. The Kier molecular flexibility index (Phi) is 3.93. The van der Waals surface area contributed by atoms with Crippen LogP contribution in [-0.2, 0) is 0 Å². The maximum absolute atomic E-state index is 9.16. The Bertz CT molecular complexity index is 372. The number of nitrogens with zero attached hydrogens (tertiary/aromatic N) is 1. The topological polar surface area (TPSA) is 23.5 Å². The summed E-state index contributed by atoms with van der Waals surface area (Å²) in [5.74, 6) is 0.417. The quantitative estimate of drug-likeness (QED) is 0.886. The molecule has 0 aromatic heterocycles. The molecule has 1 heterocycles. The van der Waals surface area contributed by atoms with Gasteiger partial charge in [-0.3, -0.25) is 0 Å². The third kappa shape index (κ3) is 2.44. The lowest BCUT2D eigenvalue weighted by atomic mass is 10.1. The molecule has 4 heteroatoms. The smallest absolute Gasteiger partial charge is 0.0655 e. The first-order chi connectivity index (χ1) is 7.61. The van der Waals surface area contributed by atoms with E-state index < -0.39 is 0 Å². The zero-order chi connectivity index (χ0) is 11.7. The maximum atomic E-state index is 9.16. The second-order valence-corrected chi connectivity index (χ2v) is 6.07. The number of benzene rings is 1. The number of hydrogen-bond donors (Lipinski definition) is 1. The zero-order valence-corrected chi connectivity index (χ0v) is 12.4. The van der Waals surface area contributed by atoms with Gasteiger partial charge in [-0.05, 0) is 62.9 Å². The van der Waals surface area contributed by atoms with E-state index >= 15 is 0 Å². The van der Waals surface area contributed by atoms with Gasteiger partial charge in [0.25, 0.3) is 0 Å². The predicted octanol–water partition coefficient (Wildman–Crippen LogP) is 3.34. The fourth-order valence-electron chi connectivity index (χ4n) is 2.18. The molecular weight excluding hydrogens is 334 g/mol. The third-order valence-electron chi connectivity index (χ3n) is 3.02. The maximum Gasteiger partial charge on any atom is 0.0655 e. The highest BCUT2D eigenvalue weighted by molar-refractivity contribution is 9.11. The molecule has 1 unspecified atom stereocenters. The van der Waals surface area contributed by atoms with E-state index in [4.69, 9.17) is 5.11 Å². The van der Waals surface area contributed by atoms with Gasteiger partial charge in [0.1, 0.15) is 0 Å². The first-order valence-electron chi connectivity index (χ1n) is 5.43. The summed E-state index contributed by atoms with van der Waals surface area (Å²) in [6.45, 7) is 4.33. The fraction of sp³-hybridized carbons (Fsp3) is 0.500. The van der Waals surface area contributed by atoms with Crippen LogP contribution in [0, 0.1) is 12.8 Å². The summed E-state index contributed by atoms with van der Waals surface area (Å²) < 4.78 is 2.25. The van der Waals surface area contributed by atoms with E-state index in [0.717, 1.165) is 28.5 Å². The number of rotatable bonds is 2. The molecular formula is C12H15Br2NO. The number of aliphatic hydroxyl groups excluding tert-OH is 1. The van der Waals surface area contributed by atoms with Crippen LogP contribution in [0.1, 0.15) is 12.0 Å². The van der Waals surface area contributed by atoms with Crippen LogP contribution in [0.4, 0.5) is 5.69 Å². The third-order valence-corrected chi connectivity index (χ3v) is 4.23. The summed E-state index contributed by atoms with van der Waals surface area (Å²) in [5, 5.41) is 9.16. The Morgan fingerprint density at radius 2 is 2.00 bits per heavy atom. The second-order valence-electron chi connectivity index (χ2n) is 4.36. The van der Waals surface area contributed by atoms with E-state index in [1.807, 2.05) is 0 Å². The summed E-state index contributed by atoms with van der Waals surface area (Å²) in [7, 11) is 0. The number of anilines is 1. The minimum absolute atomic E-state index is 0.289. The number of hydrogen-bond acceptors (Lipinski definition) is 2. The van der Waals surface area contributed by atoms with E-state index in [0.29, 0.717) is 5.92 Å². The zero-order valence-electron chi connectivity index (χ0n) is 9.21. The van der Waals surface area contributed by atoms with Gasteiger partial charge in [0.2, 0.25) is 0 Å². The molecule has 1 fully saturated rings. The molecule has 2 rings (SSSR count). The van der Waals surface area contributed by atoms with Crippen molar-refractivity contribution < 1.29 is 5.11 Å². The van der Waals surface area contributed by atoms with Crippen molar-refractivity contribution in [2.24, 2.45) is 5.92 Å². The average molecular weight is 349 g/mol. The van der Waals surface area contributed by atoms with Gasteiger partial charge in [0.05, 0.1) is 5.69 Å². The molecule has 1 aromatic carbocycles. The molecule has 1 saturated heterocycles. The van der Waals surface area contributed by atoms with Crippen LogP contribution in [0.3, 0.4) is 0 Å². The van der Waals surface area contributed by atoms with Crippen LogP contribution >= 0.6 is 31.9 Å². The van der Waals surface area contributed by atoms with Crippen LogP contribution in [0.2, 0.25) is 0 Å². The van der Waals surface area contributed by atoms with Crippen molar-refractivity contribution in [2.75, 3.05) is 24.6 Å². The van der Waals surface area contributed by atoms with E-state index in [-0.39, 0.29) is 6.61 Å². The normalized spacial score (nSPS) is 20.5. The van der Waals surface area contributed by atoms with Crippen LogP contribution in [0.15, 0.2) is 21.1 Å². The number of aryl methyl sites for hydroxylation is 1. The van der Waals surface area contributed by atoms with Crippen LogP contribution in [0.5, 0.6) is 0 Å². The van der Waals surface area contributed by atoms with Gasteiger partial charge in [-0.15, -0.1) is 0 Å². The van der Waals surface area contributed by atoms with Crippen molar-refractivity contribution in [3.63, 3.8) is 0 Å². The van der Waals surface area contributed by atoms with E-state index in [9.17, 15) is 0 Å². The Morgan fingerprint density at radius 3 is 2.50 bits per heavy atom. The Morgan fingerprint density at radius 1 is 1.38 bits per heavy atom. The first kappa shape index (κ1) is 12.4. The number of aliphatic hydroxyl groups is 1. The van der Waals surface area contributed by atoms with Crippen LogP contribution in [-0.4, -0.2) is 24.8 Å². The minimum atomic E-state index is 0.289. The molecule has 1 aliphatic heterocycles. The molecule has 1 N–H and O–H groups in total. The van der Waals surface area contributed by atoms with Gasteiger partial charge in [-0.2, -0.15) is 0 Å². The Hall–Kier alpha value is -0.0600. The summed E-state index contributed by atoms with van der Waals surface area (Å²) in [4.78, 5) is 2.33. The molecule has 0 aliphatic carbocycles. The highest BCUT2D eigenvalue weighted by atomic mass is 79.9. The molecule has 2 nitrogen and oxygen atoms in total. The van der Waals surface area contributed by atoms with Crippen LogP contribution in [0.25, 0.3) is 0 Å². The van der Waals surface area contributed by atoms with Gasteiger partial charge in [0, 0.05) is 34.6 Å². The summed E-state index contributed by atoms with van der Waals surface area (Å²) >= 11 is 7.23. The molecule has 0 radical (unpaired) electrons. The molecule has 16 heavy (non-hydrogen) atoms. The average Bonchev–Trinajstić information content (AvgIpc) is 2.64. The molecule has 0 spiro atoms. The molecule has 1 aliphatic rings. The van der Waals surface area contributed by atoms with E-state index in [2.05, 4.69) is 55.8 Å². The van der Waals surface area contributed by atoms with Crippen molar-refractivity contribution in [2.45, 2.75) is 13.3 Å². The number of halogens is 2. The predicted molar refractivity (Wildman–Crippen MR) is 74.0 cm³/mol. The fourth-order valence-corrected chi connectivity index (χ4v) is 4.10. The van der Waals surface area contributed by atoms with E-state index in [1.165, 1.54) is 11.3 Å². The van der Waals surface area contributed by atoms with Gasteiger partial charge in [-0.1, -0.05) is 0 Å². The summed E-state index contributed by atoms with van der Waals surface area (Å²) in [5.41, 5.74) is 2.45. The highest BCUT2D eigenvalue weighted by Gasteiger charge is 2.24. The molecule has 1 aromatic rings. The van der Waals surface area contributed by atoms with Crippen molar-refractivity contribution in [3.05, 3.63) is 26.6 Å². The van der Waals surface area contributed by atoms with Crippen molar-refractivity contribution >= 4 is 37.5 Å². The van der Waals surface area contributed by atoms with Gasteiger partial charge < -0.3 is 10.0 Å². The monoisotopic (exact) mass is 347 g/mol. The van der Waals surface area contributed by atoms with Crippen molar-refractivity contribution in [3.8, 4) is 0 Å². The lowest BCUT2D eigenvalue weighted by Crippen LogP contribution is -2.21.